The van der Waals surface area contributed by atoms with E-state index in [9.17, 15) is 0 Å². The van der Waals surface area contributed by atoms with Gasteiger partial charge in [0.2, 0.25) is 0 Å². The first-order valence-electron chi connectivity index (χ1n) is 5.32. The van der Waals surface area contributed by atoms with E-state index in [1.165, 1.54) is 0 Å². The van der Waals surface area contributed by atoms with Crippen LogP contribution in [0, 0.1) is 0 Å². The summed E-state index contributed by atoms with van der Waals surface area (Å²) >= 11 is 0. The molecule has 0 aliphatic rings. The van der Waals surface area contributed by atoms with Gasteiger partial charge in [0.25, 0.3) is 0 Å². The third kappa shape index (κ3) is 1.92. The molecule has 0 saturated heterocycles. The van der Waals surface area contributed by atoms with Gasteiger partial charge in [0.05, 0.1) is 11.4 Å². The predicted molar refractivity (Wildman–Crippen MR) is 65.0 cm³/mol. The standard InChI is InChI=1S/C13H10N4/c1-2-7-14-10(4-1)11-5-3-6-12(17-11)13-15-8-9-16-13/h1-9H,(H,15,16). The Morgan fingerprint density at radius 2 is 1.65 bits per heavy atom. The lowest BCUT2D eigenvalue weighted by atomic mass is 10.2. The molecule has 0 aliphatic carbocycles. The maximum atomic E-state index is 4.53. The number of nitrogens with one attached hydrogen (secondary N) is 1. The highest BCUT2D eigenvalue weighted by atomic mass is 14.9. The first kappa shape index (κ1) is 9.72. The molecule has 0 amide bonds. The molecule has 0 fully saturated rings. The van der Waals surface area contributed by atoms with Crippen LogP contribution in [0.2, 0.25) is 0 Å². The fourth-order valence-corrected chi connectivity index (χ4v) is 1.63. The molecule has 17 heavy (non-hydrogen) atoms. The molecule has 0 bridgehead atoms. The number of aromatic amines is 1. The number of imidazole rings is 1. The highest BCUT2D eigenvalue weighted by molar-refractivity contribution is 5.59. The molecule has 0 radical (unpaired) electrons. The average molecular weight is 222 g/mol. The minimum absolute atomic E-state index is 0.766. The van der Waals surface area contributed by atoms with Crippen molar-refractivity contribution in [2.75, 3.05) is 0 Å². The highest BCUT2D eigenvalue weighted by Gasteiger charge is 2.04. The Kier molecular flexibility index (Phi) is 2.38. The predicted octanol–water partition coefficient (Wildman–Crippen LogP) is 2.53. The van der Waals surface area contributed by atoms with Crippen LogP contribution in [0.1, 0.15) is 0 Å². The maximum absolute atomic E-state index is 4.53. The molecule has 0 aliphatic heterocycles. The topological polar surface area (TPSA) is 54.5 Å². The van der Waals surface area contributed by atoms with Crippen LogP contribution in [0.5, 0.6) is 0 Å². The third-order valence-electron chi connectivity index (χ3n) is 2.42. The number of nitrogens with zero attached hydrogens (tertiary/aromatic N) is 3. The van der Waals surface area contributed by atoms with Crippen molar-refractivity contribution in [3.63, 3.8) is 0 Å². The summed E-state index contributed by atoms with van der Waals surface area (Å²) in [5.74, 6) is 0.766. The Morgan fingerprint density at radius 1 is 0.765 bits per heavy atom. The van der Waals surface area contributed by atoms with Gasteiger partial charge in [-0.25, -0.2) is 9.97 Å². The Labute approximate surface area is 98.4 Å². The molecule has 4 nitrogen and oxygen atoms in total. The van der Waals surface area contributed by atoms with Gasteiger partial charge >= 0.3 is 0 Å². The van der Waals surface area contributed by atoms with Gasteiger partial charge in [-0.1, -0.05) is 12.1 Å². The van der Waals surface area contributed by atoms with Crippen molar-refractivity contribution in [1.82, 2.24) is 19.9 Å². The van der Waals surface area contributed by atoms with E-state index in [4.69, 9.17) is 0 Å². The van der Waals surface area contributed by atoms with E-state index < -0.39 is 0 Å². The first-order valence-corrected chi connectivity index (χ1v) is 5.32. The van der Waals surface area contributed by atoms with Crippen LogP contribution in [0.25, 0.3) is 22.9 Å². The van der Waals surface area contributed by atoms with Gasteiger partial charge in [0.15, 0.2) is 5.82 Å². The van der Waals surface area contributed by atoms with Crippen molar-refractivity contribution in [3.05, 3.63) is 55.0 Å². The number of pyridine rings is 2. The Morgan fingerprint density at radius 3 is 2.41 bits per heavy atom. The lowest BCUT2D eigenvalue weighted by Crippen LogP contribution is -1.90. The SMILES string of the molecule is c1ccc(-c2cccc(-c3ncc[nH]3)n2)nc1. The van der Waals surface area contributed by atoms with Crippen LogP contribution in [0.4, 0.5) is 0 Å². The summed E-state index contributed by atoms with van der Waals surface area (Å²) in [7, 11) is 0. The van der Waals surface area contributed by atoms with Crippen molar-refractivity contribution in [3.8, 4) is 22.9 Å². The molecule has 3 aromatic rings. The zero-order chi connectivity index (χ0) is 11.5. The minimum atomic E-state index is 0.766. The monoisotopic (exact) mass is 222 g/mol. The van der Waals surface area contributed by atoms with Crippen molar-refractivity contribution >= 4 is 0 Å². The van der Waals surface area contributed by atoms with Gasteiger partial charge in [-0.3, -0.25) is 4.98 Å². The molecular formula is C13H10N4. The molecule has 0 aromatic carbocycles. The second kappa shape index (κ2) is 4.17. The molecule has 3 aromatic heterocycles. The van der Waals surface area contributed by atoms with Gasteiger partial charge in [0, 0.05) is 18.6 Å². The van der Waals surface area contributed by atoms with E-state index in [1.807, 2.05) is 36.4 Å². The average Bonchev–Trinajstić information content (AvgIpc) is 2.94. The molecular weight excluding hydrogens is 212 g/mol. The van der Waals surface area contributed by atoms with Crippen molar-refractivity contribution in [2.45, 2.75) is 0 Å². The second-order valence-corrected chi connectivity index (χ2v) is 3.56. The van der Waals surface area contributed by atoms with Crippen molar-refractivity contribution < 1.29 is 0 Å². The van der Waals surface area contributed by atoms with Gasteiger partial charge < -0.3 is 4.98 Å². The lowest BCUT2D eigenvalue weighted by Gasteiger charge is -2.01. The quantitative estimate of drug-likeness (QED) is 0.724. The van der Waals surface area contributed by atoms with Gasteiger partial charge in [0.1, 0.15) is 5.69 Å². The van der Waals surface area contributed by atoms with Gasteiger partial charge in [-0.2, -0.15) is 0 Å². The number of hydrogen-bond donors (Lipinski definition) is 1. The molecule has 4 heteroatoms. The zero-order valence-electron chi connectivity index (χ0n) is 9.04. The summed E-state index contributed by atoms with van der Waals surface area (Å²) in [5.41, 5.74) is 2.53. The fourth-order valence-electron chi connectivity index (χ4n) is 1.63. The van der Waals surface area contributed by atoms with E-state index in [0.717, 1.165) is 22.9 Å². The lowest BCUT2D eigenvalue weighted by molar-refractivity contribution is 1.20. The van der Waals surface area contributed by atoms with Crippen LogP contribution in [0.3, 0.4) is 0 Å². The molecule has 3 rings (SSSR count). The van der Waals surface area contributed by atoms with Crippen LogP contribution >= 0.6 is 0 Å². The third-order valence-corrected chi connectivity index (χ3v) is 2.42. The van der Waals surface area contributed by atoms with Crippen LogP contribution in [0.15, 0.2) is 55.0 Å². The maximum Gasteiger partial charge on any atom is 0.155 e. The molecule has 3 heterocycles. The van der Waals surface area contributed by atoms with E-state index in [2.05, 4.69) is 19.9 Å². The number of rotatable bonds is 2. The first-order chi connectivity index (χ1) is 8.43. The van der Waals surface area contributed by atoms with Crippen LogP contribution in [-0.4, -0.2) is 19.9 Å². The summed E-state index contributed by atoms with van der Waals surface area (Å²) < 4.78 is 0. The molecule has 82 valence electrons. The van der Waals surface area contributed by atoms with E-state index in [-0.39, 0.29) is 0 Å². The van der Waals surface area contributed by atoms with Gasteiger partial charge in [-0.05, 0) is 24.3 Å². The van der Waals surface area contributed by atoms with Crippen molar-refractivity contribution in [2.24, 2.45) is 0 Å². The van der Waals surface area contributed by atoms with Crippen LogP contribution < -0.4 is 0 Å². The van der Waals surface area contributed by atoms with Crippen molar-refractivity contribution in [1.29, 1.82) is 0 Å². The molecule has 0 spiro atoms. The number of aromatic nitrogens is 4. The summed E-state index contributed by atoms with van der Waals surface area (Å²) in [5, 5.41) is 0. The zero-order valence-corrected chi connectivity index (χ0v) is 9.04. The van der Waals surface area contributed by atoms with E-state index in [1.54, 1.807) is 18.6 Å². The smallest absolute Gasteiger partial charge is 0.155 e. The Bertz CT molecular complexity index is 602. The second-order valence-electron chi connectivity index (χ2n) is 3.56. The van der Waals surface area contributed by atoms with E-state index in [0.29, 0.717) is 0 Å². The number of hydrogen-bond acceptors (Lipinski definition) is 3. The largest absolute Gasteiger partial charge is 0.343 e. The van der Waals surface area contributed by atoms with Crippen LogP contribution in [-0.2, 0) is 0 Å². The number of H-pyrrole nitrogens is 1. The summed E-state index contributed by atoms with van der Waals surface area (Å²) in [6.45, 7) is 0. The Balaban J connectivity index is 2.06. The summed E-state index contributed by atoms with van der Waals surface area (Å²) in [6.07, 6.45) is 5.26. The molecule has 0 atom stereocenters. The Hall–Kier alpha value is -2.49. The fraction of sp³-hybridized carbons (Fsp3) is 0. The summed E-state index contributed by atoms with van der Waals surface area (Å²) in [4.78, 5) is 16.0. The molecule has 0 saturated carbocycles. The summed E-state index contributed by atoms with van der Waals surface area (Å²) in [6, 6.07) is 11.6. The molecule has 0 unspecified atom stereocenters. The normalized spacial score (nSPS) is 10.4. The van der Waals surface area contributed by atoms with Gasteiger partial charge in [-0.15, -0.1) is 0 Å². The van der Waals surface area contributed by atoms with E-state index >= 15 is 0 Å². The highest BCUT2D eigenvalue weighted by Crippen LogP contribution is 2.18. The minimum Gasteiger partial charge on any atom is -0.343 e. The molecule has 1 N–H and O–H groups in total.